The topological polar surface area (TPSA) is 62.3 Å². The minimum absolute atomic E-state index is 0.268. The Morgan fingerprint density at radius 3 is 2.18 bits per heavy atom. The molecule has 39 heavy (non-hydrogen) atoms. The minimum atomic E-state index is -0.935. The molecule has 0 bridgehead atoms. The molecule has 0 radical (unpaired) electrons. The first kappa shape index (κ1) is 24.5. The second-order valence-corrected chi connectivity index (χ2v) is 9.71. The van der Waals surface area contributed by atoms with Crippen LogP contribution in [0.5, 0.6) is 5.75 Å². The van der Waals surface area contributed by atoms with Crippen LogP contribution in [0.15, 0.2) is 115 Å². The van der Waals surface area contributed by atoms with E-state index in [4.69, 9.17) is 4.74 Å². The van der Waals surface area contributed by atoms with Crippen LogP contribution in [0.3, 0.4) is 0 Å². The Labute approximate surface area is 227 Å². The molecule has 6 rings (SSSR count). The summed E-state index contributed by atoms with van der Waals surface area (Å²) in [5.74, 6) is -0.0522. The smallest absolute Gasteiger partial charge is 0.352 e. The van der Waals surface area contributed by atoms with E-state index in [1.54, 1.807) is 0 Å². The molecule has 0 saturated heterocycles. The van der Waals surface area contributed by atoms with Crippen molar-refractivity contribution >= 4 is 27.6 Å². The summed E-state index contributed by atoms with van der Waals surface area (Å²) in [4.78, 5) is 15.5. The van der Waals surface area contributed by atoms with Crippen molar-refractivity contribution in [2.45, 2.75) is 19.3 Å². The first-order valence-corrected chi connectivity index (χ1v) is 13.3. The number of hydrogen-bond acceptors (Lipinski definition) is 2. The van der Waals surface area contributed by atoms with Crippen LogP contribution in [0.2, 0.25) is 0 Å². The Kier molecular flexibility index (Phi) is 6.84. The normalized spacial score (nSPS) is 11.2. The standard InChI is InChI=1S/C35H29NO3/c37-35(38)34-31(19-8-9-23-39-32-22-10-15-25-14-4-5-17-27(25)32)30-21-11-20-29(33(30)36-34)28-18-7-6-16-26(28)24-12-2-1-3-13-24/h1-7,10-18,20-22,36H,8-9,19,23H2,(H,37,38). The number of aromatic carboxylic acids is 1. The molecule has 6 aromatic rings. The number of carboxylic acids is 1. The van der Waals surface area contributed by atoms with Crippen LogP contribution in [0, 0.1) is 0 Å². The van der Waals surface area contributed by atoms with Gasteiger partial charge >= 0.3 is 5.97 Å². The van der Waals surface area contributed by atoms with Gasteiger partial charge in [-0.25, -0.2) is 4.79 Å². The van der Waals surface area contributed by atoms with Crippen molar-refractivity contribution in [3.05, 3.63) is 127 Å². The maximum absolute atomic E-state index is 12.3. The molecule has 0 fully saturated rings. The molecule has 1 aromatic heterocycles. The zero-order valence-corrected chi connectivity index (χ0v) is 21.6. The van der Waals surface area contributed by atoms with Crippen molar-refractivity contribution in [2.75, 3.05) is 6.61 Å². The monoisotopic (exact) mass is 511 g/mol. The lowest BCUT2D eigenvalue weighted by Crippen LogP contribution is -2.03. The molecule has 0 amide bonds. The second kappa shape index (κ2) is 10.9. The van der Waals surface area contributed by atoms with Crippen molar-refractivity contribution in [1.82, 2.24) is 4.98 Å². The van der Waals surface area contributed by atoms with Crippen molar-refractivity contribution in [3.8, 4) is 28.0 Å². The van der Waals surface area contributed by atoms with Crippen LogP contribution in [0.4, 0.5) is 0 Å². The lowest BCUT2D eigenvalue weighted by Gasteiger charge is -2.11. The van der Waals surface area contributed by atoms with Gasteiger partial charge in [-0.3, -0.25) is 0 Å². The number of carbonyl (C=O) groups is 1. The quantitative estimate of drug-likeness (QED) is 0.191. The third-order valence-electron chi connectivity index (χ3n) is 7.29. The fraction of sp³-hybridized carbons (Fsp3) is 0.114. The molecule has 2 N–H and O–H groups in total. The molecule has 5 aromatic carbocycles. The molecule has 1 heterocycles. The van der Waals surface area contributed by atoms with Gasteiger partial charge < -0.3 is 14.8 Å². The fourth-order valence-corrected chi connectivity index (χ4v) is 5.44. The third kappa shape index (κ3) is 4.89. The van der Waals surface area contributed by atoms with Gasteiger partial charge in [0.05, 0.1) is 12.1 Å². The molecular formula is C35H29NO3. The summed E-state index contributed by atoms with van der Waals surface area (Å²) in [7, 11) is 0. The van der Waals surface area contributed by atoms with Gasteiger partial charge in [0, 0.05) is 16.3 Å². The minimum Gasteiger partial charge on any atom is -0.493 e. The van der Waals surface area contributed by atoms with Gasteiger partial charge in [0.2, 0.25) is 0 Å². The third-order valence-corrected chi connectivity index (χ3v) is 7.29. The lowest BCUT2D eigenvalue weighted by atomic mass is 9.93. The summed E-state index contributed by atoms with van der Waals surface area (Å²) >= 11 is 0. The summed E-state index contributed by atoms with van der Waals surface area (Å²) < 4.78 is 6.11. The SMILES string of the molecule is O=C(O)c1[nH]c2c(-c3ccccc3-c3ccccc3)cccc2c1CCCCOc1cccc2ccccc12. The van der Waals surface area contributed by atoms with Gasteiger partial charge in [0.25, 0.3) is 0 Å². The number of nitrogens with one attached hydrogen (secondary N) is 1. The predicted molar refractivity (Wildman–Crippen MR) is 159 cm³/mol. The largest absolute Gasteiger partial charge is 0.493 e. The van der Waals surface area contributed by atoms with Gasteiger partial charge in [-0.15, -0.1) is 0 Å². The summed E-state index contributed by atoms with van der Waals surface area (Å²) in [6.07, 6.45) is 2.30. The highest BCUT2D eigenvalue weighted by Crippen LogP contribution is 2.37. The van der Waals surface area contributed by atoms with Crippen LogP contribution in [-0.2, 0) is 6.42 Å². The van der Waals surface area contributed by atoms with Gasteiger partial charge in [0.1, 0.15) is 11.4 Å². The Bertz CT molecular complexity index is 1760. The number of aryl methyl sites for hydroxylation is 1. The van der Waals surface area contributed by atoms with Crippen LogP contribution in [0.1, 0.15) is 28.9 Å². The highest BCUT2D eigenvalue weighted by molar-refractivity contribution is 6.04. The van der Waals surface area contributed by atoms with Crippen LogP contribution in [0.25, 0.3) is 43.9 Å². The number of H-pyrrole nitrogens is 1. The van der Waals surface area contributed by atoms with E-state index < -0.39 is 5.97 Å². The van der Waals surface area contributed by atoms with Gasteiger partial charge in [-0.1, -0.05) is 109 Å². The van der Waals surface area contributed by atoms with E-state index in [-0.39, 0.29) is 5.69 Å². The van der Waals surface area contributed by atoms with E-state index in [0.29, 0.717) is 13.0 Å². The highest BCUT2D eigenvalue weighted by Gasteiger charge is 2.20. The van der Waals surface area contributed by atoms with E-state index in [1.807, 2.05) is 66.7 Å². The van der Waals surface area contributed by atoms with Gasteiger partial charge in [0.15, 0.2) is 0 Å². The first-order chi connectivity index (χ1) is 19.2. The molecule has 4 nitrogen and oxygen atoms in total. The molecule has 4 heteroatoms. The number of benzene rings is 5. The van der Waals surface area contributed by atoms with Crippen molar-refractivity contribution in [3.63, 3.8) is 0 Å². The zero-order chi connectivity index (χ0) is 26.6. The fourth-order valence-electron chi connectivity index (χ4n) is 5.44. The number of fused-ring (bicyclic) bond motifs is 2. The average molecular weight is 512 g/mol. The number of hydrogen-bond donors (Lipinski definition) is 2. The molecule has 192 valence electrons. The number of carboxylic acid groups (broad SMARTS) is 1. The maximum Gasteiger partial charge on any atom is 0.352 e. The van der Waals surface area contributed by atoms with E-state index >= 15 is 0 Å². The summed E-state index contributed by atoms with van der Waals surface area (Å²) in [5.41, 5.74) is 6.29. The number of para-hydroxylation sites is 1. The summed E-state index contributed by atoms with van der Waals surface area (Å²) in [6.45, 7) is 0.578. The molecule has 0 atom stereocenters. The Morgan fingerprint density at radius 2 is 1.33 bits per heavy atom. The number of aromatic nitrogens is 1. The molecule has 0 aliphatic heterocycles. The maximum atomic E-state index is 12.3. The van der Waals surface area contributed by atoms with Crippen LogP contribution in [-0.4, -0.2) is 22.7 Å². The summed E-state index contributed by atoms with van der Waals surface area (Å²) in [6, 6.07) is 39.0. The zero-order valence-electron chi connectivity index (χ0n) is 21.6. The number of ether oxygens (including phenoxy) is 1. The number of aromatic amines is 1. The molecule has 0 unspecified atom stereocenters. The second-order valence-electron chi connectivity index (χ2n) is 9.71. The van der Waals surface area contributed by atoms with E-state index in [0.717, 1.165) is 68.1 Å². The van der Waals surface area contributed by atoms with Crippen molar-refractivity contribution in [2.24, 2.45) is 0 Å². The van der Waals surface area contributed by atoms with Crippen molar-refractivity contribution in [1.29, 1.82) is 0 Å². The molecule has 0 aliphatic carbocycles. The highest BCUT2D eigenvalue weighted by atomic mass is 16.5. The van der Waals surface area contributed by atoms with Crippen LogP contribution < -0.4 is 4.74 Å². The molecule has 0 spiro atoms. The van der Waals surface area contributed by atoms with Gasteiger partial charge in [-0.05, 0) is 53.0 Å². The Hall–Kier alpha value is -4.83. The average Bonchev–Trinajstić information content (AvgIpc) is 3.37. The van der Waals surface area contributed by atoms with Crippen molar-refractivity contribution < 1.29 is 14.6 Å². The lowest BCUT2D eigenvalue weighted by molar-refractivity contribution is 0.0690. The van der Waals surface area contributed by atoms with E-state index in [1.165, 1.54) is 0 Å². The number of rotatable bonds is 9. The van der Waals surface area contributed by atoms with Crippen LogP contribution >= 0.6 is 0 Å². The molecule has 0 saturated carbocycles. The van der Waals surface area contributed by atoms with E-state index in [9.17, 15) is 9.90 Å². The Morgan fingerprint density at radius 1 is 0.667 bits per heavy atom. The first-order valence-electron chi connectivity index (χ1n) is 13.3. The Balaban J connectivity index is 1.26. The van der Waals surface area contributed by atoms with Gasteiger partial charge in [-0.2, -0.15) is 0 Å². The van der Waals surface area contributed by atoms with E-state index in [2.05, 4.69) is 53.5 Å². The molecular weight excluding hydrogens is 482 g/mol. The number of unbranched alkanes of at least 4 members (excludes halogenated alkanes) is 1. The predicted octanol–water partition coefficient (Wildman–Crippen LogP) is 8.76. The summed E-state index contributed by atoms with van der Waals surface area (Å²) in [5, 5.41) is 13.3. The molecule has 0 aliphatic rings.